The highest BCUT2D eigenvalue weighted by molar-refractivity contribution is 7.90. The van der Waals surface area contributed by atoms with Crippen molar-refractivity contribution in [2.75, 3.05) is 11.9 Å². The van der Waals surface area contributed by atoms with Crippen LogP contribution in [0.1, 0.15) is 87.1 Å². The molecular formula is C27H38N2O5S. The number of sulfonamides is 1. The van der Waals surface area contributed by atoms with Crippen LogP contribution >= 0.6 is 0 Å². The number of rotatable bonds is 15. The molecule has 0 atom stereocenters. The first-order valence-electron chi connectivity index (χ1n) is 12.5. The van der Waals surface area contributed by atoms with E-state index in [0.717, 1.165) is 24.8 Å². The Bertz CT molecular complexity index is 1040. The summed E-state index contributed by atoms with van der Waals surface area (Å²) in [6, 6.07) is 11.5. The molecule has 0 heterocycles. The van der Waals surface area contributed by atoms with Gasteiger partial charge in [-0.05, 0) is 43.7 Å². The topological polar surface area (TPSA) is 102 Å². The number of hydrogen-bond acceptors (Lipinski definition) is 5. The number of ether oxygens (including phenoxy) is 1. The number of unbranched alkanes of at least 4 members (excludes halogenated alkanes) is 9. The van der Waals surface area contributed by atoms with Crippen LogP contribution in [-0.4, -0.2) is 27.0 Å². The summed E-state index contributed by atoms with van der Waals surface area (Å²) in [7, 11) is -4.01. The highest BCUT2D eigenvalue weighted by atomic mass is 32.2. The van der Waals surface area contributed by atoms with Gasteiger partial charge < -0.3 is 10.1 Å². The molecule has 8 heteroatoms. The average Bonchev–Trinajstić information content (AvgIpc) is 2.82. The zero-order chi connectivity index (χ0) is 25.5. The van der Waals surface area contributed by atoms with Crippen molar-refractivity contribution >= 4 is 27.7 Å². The first-order valence-corrected chi connectivity index (χ1v) is 14.0. The molecule has 0 bridgehead atoms. The first kappa shape index (κ1) is 28.4. The van der Waals surface area contributed by atoms with Crippen molar-refractivity contribution in [2.24, 2.45) is 0 Å². The van der Waals surface area contributed by atoms with Crippen molar-refractivity contribution in [3.63, 3.8) is 0 Å². The lowest BCUT2D eigenvalue weighted by Gasteiger charge is -2.10. The van der Waals surface area contributed by atoms with E-state index in [1.54, 1.807) is 30.3 Å². The Morgan fingerprint density at radius 2 is 1.43 bits per heavy atom. The third kappa shape index (κ3) is 10.9. The second kappa shape index (κ2) is 15.2. The molecule has 0 aliphatic heterocycles. The van der Waals surface area contributed by atoms with E-state index in [9.17, 15) is 18.0 Å². The van der Waals surface area contributed by atoms with Crippen molar-refractivity contribution in [1.29, 1.82) is 0 Å². The van der Waals surface area contributed by atoms with Crippen molar-refractivity contribution in [2.45, 2.75) is 83.0 Å². The van der Waals surface area contributed by atoms with Gasteiger partial charge in [0, 0.05) is 5.69 Å². The molecule has 2 aromatic rings. The summed E-state index contributed by atoms with van der Waals surface area (Å²) in [5, 5.41) is 2.45. The van der Waals surface area contributed by atoms with Crippen LogP contribution in [0.2, 0.25) is 0 Å². The molecule has 2 aromatic carbocycles. The van der Waals surface area contributed by atoms with Crippen LogP contribution in [0, 0.1) is 6.92 Å². The molecule has 0 unspecified atom stereocenters. The number of hydrogen-bond donors (Lipinski definition) is 2. The largest absolute Gasteiger partial charge is 0.462 e. The number of benzene rings is 2. The minimum atomic E-state index is -4.01. The molecule has 7 nitrogen and oxygen atoms in total. The Hall–Kier alpha value is -2.87. The predicted molar refractivity (Wildman–Crippen MR) is 139 cm³/mol. The third-order valence-corrected chi connectivity index (χ3v) is 6.99. The molecule has 0 saturated carbocycles. The van der Waals surface area contributed by atoms with E-state index >= 15 is 0 Å². The van der Waals surface area contributed by atoms with Crippen molar-refractivity contribution < 1.29 is 22.7 Å². The van der Waals surface area contributed by atoms with Crippen molar-refractivity contribution in [1.82, 2.24) is 4.72 Å². The quantitative estimate of drug-likeness (QED) is 0.211. The van der Waals surface area contributed by atoms with Gasteiger partial charge in [-0.2, -0.15) is 0 Å². The third-order valence-electron chi connectivity index (χ3n) is 5.65. The van der Waals surface area contributed by atoms with Gasteiger partial charge in [0.25, 0.3) is 10.0 Å². The maximum atomic E-state index is 12.4. The number of aryl methyl sites for hydroxylation is 1. The van der Waals surface area contributed by atoms with Crippen LogP contribution < -0.4 is 10.0 Å². The second-order valence-electron chi connectivity index (χ2n) is 8.77. The molecule has 0 saturated heterocycles. The van der Waals surface area contributed by atoms with E-state index in [4.69, 9.17) is 4.74 Å². The zero-order valence-corrected chi connectivity index (χ0v) is 21.7. The number of anilines is 1. The van der Waals surface area contributed by atoms with Crippen molar-refractivity contribution in [3.8, 4) is 0 Å². The molecule has 2 N–H and O–H groups in total. The van der Waals surface area contributed by atoms with E-state index in [-0.39, 0.29) is 16.1 Å². The van der Waals surface area contributed by atoms with Crippen LogP contribution in [0.3, 0.4) is 0 Å². The first-order chi connectivity index (χ1) is 16.8. The van der Waals surface area contributed by atoms with E-state index in [1.807, 2.05) is 11.6 Å². The van der Waals surface area contributed by atoms with Crippen LogP contribution in [0.4, 0.5) is 10.5 Å². The molecule has 0 spiro atoms. The number of urea groups is 1. The summed E-state index contributed by atoms with van der Waals surface area (Å²) >= 11 is 0. The molecule has 0 fully saturated rings. The SMILES string of the molecule is CCCCCCCCCCCCOC(=O)c1cccc(NC(=O)NS(=O)(=O)c2ccc(C)cc2)c1. The predicted octanol–water partition coefficient (Wildman–Crippen LogP) is 6.58. The van der Waals surface area contributed by atoms with Gasteiger partial charge in [0.2, 0.25) is 0 Å². The fraction of sp³-hybridized carbons (Fsp3) is 0.481. The summed E-state index contributed by atoms with van der Waals surface area (Å²) in [5.41, 5.74) is 1.48. The van der Waals surface area contributed by atoms with E-state index in [1.165, 1.54) is 63.1 Å². The molecule has 0 radical (unpaired) electrons. The highest BCUT2D eigenvalue weighted by Gasteiger charge is 2.18. The molecule has 0 aliphatic carbocycles. The standard InChI is InChI=1S/C27H38N2O5S/c1-3-4-5-6-7-8-9-10-11-12-20-34-26(30)23-14-13-15-24(21-23)28-27(31)29-35(32,33)25-18-16-22(2)17-19-25/h13-19,21H,3-12,20H2,1-2H3,(H2,28,29,31). The average molecular weight is 503 g/mol. The normalized spacial score (nSPS) is 11.1. The molecule has 0 aliphatic rings. The second-order valence-corrected chi connectivity index (χ2v) is 10.5. The number of amides is 2. The maximum Gasteiger partial charge on any atom is 0.338 e. The summed E-state index contributed by atoms with van der Waals surface area (Å²) in [6.07, 6.45) is 12.0. The lowest BCUT2D eigenvalue weighted by molar-refractivity contribution is 0.0497. The van der Waals surface area contributed by atoms with E-state index in [0.29, 0.717) is 6.61 Å². The molecule has 0 aromatic heterocycles. The van der Waals surface area contributed by atoms with Gasteiger partial charge in [0.1, 0.15) is 0 Å². The Labute approximate surface area is 209 Å². The van der Waals surface area contributed by atoms with E-state index in [2.05, 4.69) is 12.2 Å². The Kier molecular flexibility index (Phi) is 12.3. The van der Waals surface area contributed by atoms with Gasteiger partial charge in [-0.3, -0.25) is 0 Å². The summed E-state index contributed by atoms with van der Waals surface area (Å²) < 4.78 is 32.0. The highest BCUT2D eigenvalue weighted by Crippen LogP contribution is 2.14. The van der Waals surface area contributed by atoms with Gasteiger partial charge in [0.15, 0.2) is 0 Å². The molecular weight excluding hydrogens is 464 g/mol. The number of carbonyl (C=O) groups is 2. The lowest BCUT2D eigenvalue weighted by Crippen LogP contribution is -2.34. The van der Waals surface area contributed by atoms with Gasteiger partial charge in [-0.15, -0.1) is 0 Å². The lowest BCUT2D eigenvalue weighted by atomic mass is 10.1. The number of nitrogens with one attached hydrogen (secondary N) is 2. The Morgan fingerprint density at radius 1 is 0.829 bits per heavy atom. The summed E-state index contributed by atoms with van der Waals surface area (Å²) in [6.45, 7) is 4.41. The van der Waals surface area contributed by atoms with Crippen LogP contribution in [0.5, 0.6) is 0 Å². The summed E-state index contributed by atoms with van der Waals surface area (Å²) in [4.78, 5) is 24.5. The van der Waals surface area contributed by atoms with Crippen molar-refractivity contribution in [3.05, 3.63) is 59.7 Å². The number of carbonyl (C=O) groups excluding carboxylic acids is 2. The fourth-order valence-electron chi connectivity index (χ4n) is 3.62. The Balaban J connectivity index is 1.71. The smallest absolute Gasteiger partial charge is 0.338 e. The minimum absolute atomic E-state index is 0.0115. The molecule has 2 amide bonds. The van der Waals surface area contributed by atoms with Gasteiger partial charge in [0.05, 0.1) is 17.1 Å². The van der Waals surface area contributed by atoms with Gasteiger partial charge in [-0.1, -0.05) is 88.5 Å². The zero-order valence-electron chi connectivity index (χ0n) is 20.8. The maximum absolute atomic E-state index is 12.4. The molecule has 192 valence electrons. The van der Waals surface area contributed by atoms with Gasteiger partial charge in [-0.25, -0.2) is 22.7 Å². The molecule has 35 heavy (non-hydrogen) atoms. The van der Waals surface area contributed by atoms with Crippen LogP contribution in [-0.2, 0) is 14.8 Å². The van der Waals surface area contributed by atoms with Crippen LogP contribution in [0.15, 0.2) is 53.4 Å². The van der Waals surface area contributed by atoms with E-state index < -0.39 is 22.0 Å². The van der Waals surface area contributed by atoms with Crippen LogP contribution in [0.25, 0.3) is 0 Å². The molecule has 2 rings (SSSR count). The fourth-order valence-corrected chi connectivity index (χ4v) is 4.52. The number of esters is 1. The monoisotopic (exact) mass is 502 g/mol. The summed E-state index contributed by atoms with van der Waals surface area (Å²) in [5.74, 6) is -0.475. The minimum Gasteiger partial charge on any atom is -0.462 e. The Morgan fingerprint density at radius 3 is 2.06 bits per heavy atom. The van der Waals surface area contributed by atoms with Gasteiger partial charge >= 0.3 is 12.0 Å².